The Labute approximate surface area is 147 Å². The highest BCUT2D eigenvalue weighted by Gasteiger charge is 2.12. The van der Waals surface area contributed by atoms with Crippen molar-refractivity contribution >= 4 is 52.5 Å². The van der Waals surface area contributed by atoms with Gasteiger partial charge >= 0.3 is 5.97 Å². The number of rotatable bonds is 6. The number of thioether (sulfide) groups is 1. The number of carbonyl (C=O) groups is 2. The Hall–Kier alpha value is -1.69. The number of benzene rings is 2. The molecule has 23 heavy (non-hydrogen) atoms. The van der Waals surface area contributed by atoms with Crippen LogP contribution in [0.15, 0.2) is 42.5 Å². The molecule has 2 N–H and O–H groups in total. The average molecular weight is 370 g/mol. The fourth-order valence-corrected chi connectivity index (χ4v) is 3.45. The van der Waals surface area contributed by atoms with Crippen molar-refractivity contribution in [2.75, 3.05) is 11.1 Å². The summed E-state index contributed by atoms with van der Waals surface area (Å²) in [7, 11) is 0. The van der Waals surface area contributed by atoms with Crippen molar-refractivity contribution in [3.63, 3.8) is 0 Å². The van der Waals surface area contributed by atoms with Crippen LogP contribution in [0.25, 0.3) is 0 Å². The molecule has 0 atom stereocenters. The molecule has 0 aromatic heterocycles. The van der Waals surface area contributed by atoms with Gasteiger partial charge in [-0.2, -0.15) is 0 Å². The van der Waals surface area contributed by atoms with Crippen molar-refractivity contribution in [3.8, 4) is 0 Å². The summed E-state index contributed by atoms with van der Waals surface area (Å²) in [6, 6.07) is 11.5. The molecule has 0 saturated heterocycles. The lowest BCUT2D eigenvalue weighted by Crippen LogP contribution is -2.16. The first kappa shape index (κ1) is 17.7. The molecule has 2 aromatic carbocycles. The fraction of sp³-hybridized carbons (Fsp3) is 0.125. The minimum absolute atomic E-state index is 0.0556. The van der Waals surface area contributed by atoms with Gasteiger partial charge in [0.2, 0.25) is 5.91 Å². The van der Waals surface area contributed by atoms with Gasteiger partial charge in [-0.1, -0.05) is 41.4 Å². The first-order chi connectivity index (χ1) is 11.0. The molecule has 120 valence electrons. The van der Waals surface area contributed by atoms with Gasteiger partial charge in [-0.25, -0.2) is 4.79 Å². The predicted octanol–water partition coefficient (Wildman–Crippen LogP) is 4.56. The molecular formula is C16H13Cl2NO3S. The second-order valence-corrected chi connectivity index (χ2v) is 6.39. The van der Waals surface area contributed by atoms with E-state index in [1.807, 2.05) is 0 Å². The number of anilines is 1. The van der Waals surface area contributed by atoms with E-state index >= 15 is 0 Å². The Balaban J connectivity index is 1.93. The Kier molecular flexibility index (Phi) is 6.33. The molecule has 0 aliphatic heterocycles. The second-order valence-electron chi connectivity index (χ2n) is 4.59. The zero-order valence-corrected chi connectivity index (χ0v) is 14.2. The number of nitrogens with one attached hydrogen (secondary N) is 1. The first-order valence-electron chi connectivity index (χ1n) is 6.62. The third kappa shape index (κ3) is 4.89. The zero-order chi connectivity index (χ0) is 16.8. The molecule has 7 heteroatoms. The maximum Gasteiger partial charge on any atom is 0.337 e. The number of aromatic carboxylic acids is 1. The van der Waals surface area contributed by atoms with E-state index < -0.39 is 5.97 Å². The van der Waals surface area contributed by atoms with Crippen LogP contribution in [0.5, 0.6) is 0 Å². The molecule has 1 amide bonds. The standard InChI is InChI=1S/C16H13Cl2NO3S/c17-12-5-3-6-13(18)11(12)8-23-9-15(20)19-14-7-2-1-4-10(14)16(21)22/h1-7H,8-9H2,(H,19,20)(H,21,22). The summed E-state index contributed by atoms with van der Waals surface area (Å²) in [5.74, 6) is -0.717. The van der Waals surface area contributed by atoms with E-state index in [9.17, 15) is 9.59 Å². The molecular weight excluding hydrogens is 357 g/mol. The molecule has 2 aromatic rings. The number of carboxylic acids is 1. The maximum absolute atomic E-state index is 12.0. The van der Waals surface area contributed by atoms with Gasteiger partial charge in [0.05, 0.1) is 17.0 Å². The van der Waals surface area contributed by atoms with Gasteiger partial charge in [0.15, 0.2) is 0 Å². The van der Waals surface area contributed by atoms with Gasteiger partial charge in [-0.05, 0) is 29.8 Å². The fourth-order valence-electron chi connectivity index (χ4n) is 1.88. The van der Waals surface area contributed by atoms with Gasteiger partial charge in [-0.15, -0.1) is 11.8 Å². The summed E-state index contributed by atoms with van der Waals surface area (Å²) in [6.45, 7) is 0. The largest absolute Gasteiger partial charge is 0.478 e. The van der Waals surface area contributed by atoms with E-state index in [1.54, 1.807) is 36.4 Å². The minimum atomic E-state index is -1.09. The number of para-hydroxylation sites is 1. The third-order valence-corrected chi connectivity index (χ3v) is 4.64. The van der Waals surface area contributed by atoms with Crippen molar-refractivity contribution in [1.82, 2.24) is 0 Å². The molecule has 0 saturated carbocycles. The Morgan fingerprint density at radius 2 is 1.70 bits per heavy atom. The summed E-state index contributed by atoms with van der Waals surface area (Å²) in [4.78, 5) is 23.0. The quantitative estimate of drug-likeness (QED) is 0.782. The highest BCUT2D eigenvalue weighted by Crippen LogP contribution is 2.28. The SMILES string of the molecule is O=C(CSCc1c(Cl)cccc1Cl)Nc1ccccc1C(=O)O. The molecule has 4 nitrogen and oxygen atoms in total. The lowest BCUT2D eigenvalue weighted by molar-refractivity contribution is -0.113. The van der Waals surface area contributed by atoms with E-state index in [0.717, 1.165) is 5.56 Å². The van der Waals surface area contributed by atoms with Crippen LogP contribution in [0.3, 0.4) is 0 Å². The first-order valence-corrected chi connectivity index (χ1v) is 8.53. The Bertz CT molecular complexity index is 717. The molecule has 0 unspecified atom stereocenters. The number of amides is 1. The van der Waals surface area contributed by atoms with E-state index in [4.69, 9.17) is 28.3 Å². The van der Waals surface area contributed by atoms with Crippen molar-refractivity contribution in [1.29, 1.82) is 0 Å². The lowest BCUT2D eigenvalue weighted by atomic mass is 10.2. The van der Waals surface area contributed by atoms with Gasteiger partial charge in [0, 0.05) is 15.8 Å². The smallest absolute Gasteiger partial charge is 0.337 e. The molecule has 0 heterocycles. The lowest BCUT2D eigenvalue weighted by Gasteiger charge is -2.09. The van der Waals surface area contributed by atoms with Crippen LogP contribution in [-0.2, 0) is 10.5 Å². The topological polar surface area (TPSA) is 66.4 Å². The van der Waals surface area contributed by atoms with Crippen LogP contribution in [0.1, 0.15) is 15.9 Å². The molecule has 0 spiro atoms. The highest BCUT2D eigenvalue weighted by atomic mass is 35.5. The molecule has 2 rings (SSSR count). The summed E-state index contributed by atoms with van der Waals surface area (Å²) in [5.41, 5.74) is 1.11. The number of halogens is 2. The monoisotopic (exact) mass is 369 g/mol. The Morgan fingerprint density at radius 3 is 2.35 bits per heavy atom. The number of hydrogen-bond acceptors (Lipinski definition) is 3. The predicted molar refractivity (Wildman–Crippen MR) is 94.7 cm³/mol. The summed E-state index contributed by atoms with van der Waals surface area (Å²) >= 11 is 13.5. The highest BCUT2D eigenvalue weighted by molar-refractivity contribution is 7.99. The minimum Gasteiger partial charge on any atom is -0.478 e. The normalized spacial score (nSPS) is 10.3. The third-order valence-electron chi connectivity index (χ3n) is 2.97. The van der Waals surface area contributed by atoms with E-state index in [2.05, 4.69) is 5.32 Å². The van der Waals surface area contributed by atoms with Crippen LogP contribution in [0.2, 0.25) is 10.0 Å². The van der Waals surface area contributed by atoms with Crippen LogP contribution in [0, 0.1) is 0 Å². The average Bonchev–Trinajstić information content (AvgIpc) is 2.50. The summed E-state index contributed by atoms with van der Waals surface area (Å²) in [6.07, 6.45) is 0. The number of carboxylic acid groups (broad SMARTS) is 1. The van der Waals surface area contributed by atoms with Crippen LogP contribution < -0.4 is 5.32 Å². The van der Waals surface area contributed by atoms with Crippen LogP contribution >= 0.6 is 35.0 Å². The van der Waals surface area contributed by atoms with E-state index in [0.29, 0.717) is 15.8 Å². The summed E-state index contributed by atoms with van der Waals surface area (Å²) < 4.78 is 0. The van der Waals surface area contributed by atoms with Crippen LogP contribution in [-0.4, -0.2) is 22.7 Å². The number of hydrogen-bond donors (Lipinski definition) is 2. The summed E-state index contributed by atoms with van der Waals surface area (Å²) in [5, 5.41) is 12.8. The maximum atomic E-state index is 12.0. The molecule has 0 bridgehead atoms. The zero-order valence-electron chi connectivity index (χ0n) is 11.9. The van der Waals surface area contributed by atoms with Gasteiger partial charge in [0.1, 0.15) is 0 Å². The van der Waals surface area contributed by atoms with Crippen molar-refractivity contribution < 1.29 is 14.7 Å². The van der Waals surface area contributed by atoms with Crippen molar-refractivity contribution in [2.45, 2.75) is 5.75 Å². The molecule has 0 fully saturated rings. The molecule has 0 aliphatic rings. The molecule has 0 aliphatic carbocycles. The van der Waals surface area contributed by atoms with Crippen molar-refractivity contribution in [2.24, 2.45) is 0 Å². The van der Waals surface area contributed by atoms with Crippen molar-refractivity contribution in [3.05, 3.63) is 63.6 Å². The Morgan fingerprint density at radius 1 is 1.04 bits per heavy atom. The van der Waals surface area contributed by atoms with Crippen LogP contribution in [0.4, 0.5) is 5.69 Å². The van der Waals surface area contributed by atoms with E-state index in [1.165, 1.54) is 17.8 Å². The van der Waals surface area contributed by atoms with E-state index in [-0.39, 0.29) is 22.9 Å². The van der Waals surface area contributed by atoms with Gasteiger partial charge < -0.3 is 10.4 Å². The second kappa shape index (κ2) is 8.24. The molecule has 0 radical (unpaired) electrons. The number of carbonyl (C=O) groups excluding carboxylic acids is 1. The van der Waals surface area contributed by atoms with Gasteiger partial charge in [-0.3, -0.25) is 4.79 Å². The van der Waals surface area contributed by atoms with Gasteiger partial charge in [0.25, 0.3) is 0 Å².